The summed E-state index contributed by atoms with van der Waals surface area (Å²) in [6.45, 7) is 11.3. The Morgan fingerprint density at radius 2 is 1.57 bits per heavy atom. The smallest absolute Gasteiger partial charge is 0.212 e. The zero-order valence-corrected chi connectivity index (χ0v) is 29.9. The molecule has 8 unspecified atom stereocenters. The number of halogens is 4. The van der Waals surface area contributed by atoms with Crippen LogP contribution in [0.4, 0.5) is 0 Å². The van der Waals surface area contributed by atoms with Gasteiger partial charge in [0.1, 0.15) is 3.42 Å². The molecule has 194 valence electrons. The third-order valence-electron chi connectivity index (χ3n) is 11.1. The normalized spacial score (nSPS) is 52.9. The lowest BCUT2D eigenvalue weighted by Crippen LogP contribution is -2.73. The lowest BCUT2D eigenvalue weighted by Gasteiger charge is -2.70. The maximum atomic E-state index is 14.6. The number of carbonyl (C=O) groups excluding carboxylic acids is 2. The van der Waals surface area contributed by atoms with E-state index in [9.17, 15) is 14.7 Å². The molecule has 3 saturated carbocycles. The summed E-state index contributed by atoms with van der Waals surface area (Å²) in [5.74, 6) is 0.314. The van der Waals surface area contributed by atoms with E-state index in [-0.39, 0.29) is 48.8 Å². The van der Waals surface area contributed by atoms with Crippen molar-refractivity contribution in [1.82, 2.24) is 0 Å². The van der Waals surface area contributed by atoms with Crippen molar-refractivity contribution < 1.29 is 14.7 Å². The van der Waals surface area contributed by atoms with Crippen LogP contribution in [0, 0.1) is 33.5 Å². The Hall–Kier alpha value is 1.54. The molecule has 35 heavy (non-hydrogen) atoms. The Kier molecular flexibility index (Phi) is 6.65. The van der Waals surface area contributed by atoms with Gasteiger partial charge < -0.3 is 5.11 Å². The molecule has 0 aromatic heterocycles. The minimum atomic E-state index is -0.670. The third kappa shape index (κ3) is 3.39. The summed E-state index contributed by atoms with van der Waals surface area (Å²) in [6.07, 6.45) is 11.5. The van der Waals surface area contributed by atoms with E-state index in [1.165, 1.54) is 24.8 Å². The molecule has 0 saturated heterocycles. The lowest BCUT2D eigenvalue weighted by molar-refractivity contribution is -0.130. The Balaban J connectivity index is 1.72. The van der Waals surface area contributed by atoms with Gasteiger partial charge in [0.05, 0.1) is 6.84 Å². The summed E-state index contributed by atoms with van der Waals surface area (Å²) in [5, 5.41) is 10.8. The number of carbonyl (C=O) groups is 2. The fourth-order valence-corrected chi connectivity index (χ4v) is 16.9. The Morgan fingerprint density at radius 1 is 0.943 bits per heavy atom. The second kappa shape index (κ2) is 8.28. The first-order chi connectivity index (χ1) is 16.0. The van der Waals surface area contributed by atoms with Gasteiger partial charge in [0.2, 0.25) is 5.78 Å². The van der Waals surface area contributed by atoms with Gasteiger partial charge in [-0.25, -0.2) is 0 Å². The van der Waals surface area contributed by atoms with Gasteiger partial charge in [-0.1, -0.05) is 124 Å². The first-order valence-electron chi connectivity index (χ1n) is 12.8. The summed E-state index contributed by atoms with van der Waals surface area (Å²) in [6, 6.07) is 0. The molecule has 3 fully saturated rings. The molecule has 0 heterocycles. The number of allylic oxidation sites excluding steroid dienone is 4. The van der Waals surface area contributed by atoms with E-state index in [0.717, 1.165) is 30.1 Å². The van der Waals surface area contributed by atoms with E-state index in [1.54, 1.807) is 6.08 Å². The summed E-state index contributed by atoms with van der Waals surface area (Å²) in [7, 11) is 0. The molecule has 3 nitrogen and oxygen atoms in total. The Morgan fingerprint density at radius 3 is 2.20 bits per heavy atom. The van der Waals surface area contributed by atoms with Crippen molar-refractivity contribution in [2.24, 2.45) is 33.5 Å². The van der Waals surface area contributed by atoms with Crippen LogP contribution in [0.2, 0.25) is 0 Å². The number of Topliss-reactive ketones (excluding diaryl/α,β-unsaturated/α-hetero) is 1. The van der Waals surface area contributed by atoms with Gasteiger partial charge in [0.15, 0.2) is 11.5 Å². The number of hydrogen-bond acceptors (Lipinski definition) is 3. The van der Waals surface area contributed by atoms with E-state index >= 15 is 0 Å². The highest BCUT2D eigenvalue weighted by Gasteiger charge is 2.75. The summed E-state index contributed by atoms with van der Waals surface area (Å²) >= 11 is 10.3. The molecule has 0 aliphatic heterocycles. The van der Waals surface area contributed by atoms with E-state index in [4.69, 9.17) is 0 Å². The lowest BCUT2D eigenvalue weighted by atomic mass is 9.39. The molecule has 7 heteroatoms. The van der Waals surface area contributed by atoms with Gasteiger partial charge in [0.25, 0.3) is 0 Å². The zero-order valence-electron chi connectivity index (χ0n) is 21.2. The third-order valence-corrected chi connectivity index (χ3v) is 19.4. The van der Waals surface area contributed by atoms with Crippen LogP contribution in [0.25, 0.3) is 0 Å². The van der Waals surface area contributed by atoms with Crippen molar-refractivity contribution in [3.8, 4) is 0 Å². The average Bonchev–Trinajstić information content (AvgIpc) is 2.74. The van der Waals surface area contributed by atoms with Gasteiger partial charge in [-0.2, -0.15) is 0 Å². The first kappa shape index (κ1) is 28.1. The Labute approximate surface area is 264 Å². The van der Waals surface area contributed by atoms with Crippen molar-refractivity contribution in [1.29, 1.82) is 0 Å². The van der Waals surface area contributed by atoms with E-state index in [1.807, 2.05) is 13.0 Å². The molecule has 0 bridgehead atoms. The molecule has 0 amide bonds. The van der Waals surface area contributed by atoms with Gasteiger partial charge >= 0.3 is 0 Å². The SMILES string of the molecule is CC1(C)CCC2(CI)CCC3C4(C)CCC5C(C)(I)C(=O)C(O)=CC5(C)C4=CC(=O)C3(I)C2(I)C1. The summed E-state index contributed by atoms with van der Waals surface area (Å²) < 4.78 is -0.107. The maximum Gasteiger partial charge on any atom is 0.212 e. The highest BCUT2D eigenvalue weighted by atomic mass is 127. The van der Waals surface area contributed by atoms with Crippen LogP contribution in [0.5, 0.6) is 0 Å². The van der Waals surface area contributed by atoms with Crippen molar-refractivity contribution >= 4 is 102 Å². The molecule has 0 aromatic carbocycles. The van der Waals surface area contributed by atoms with E-state index in [2.05, 4.69) is 118 Å². The minimum Gasteiger partial charge on any atom is -0.505 e. The second-order valence-corrected chi connectivity index (χ2v) is 20.1. The minimum absolute atomic E-state index is 0.0760. The van der Waals surface area contributed by atoms with Crippen LogP contribution < -0.4 is 0 Å². The highest BCUT2D eigenvalue weighted by Crippen LogP contribution is 2.76. The Bertz CT molecular complexity index is 1080. The fraction of sp³-hybridized carbons (Fsp3) is 0.786. The zero-order chi connectivity index (χ0) is 26.0. The number of aliphatic hydroxyl groups is 1. The molecule has 8 atom stereocenters. The summed E-state index contributed by atoms with van der Waals surface area (Å²) in [5.41, 5.74) is 0.975. The molecule has 5 aliphatic rings. The molecule has 5 aliphatic carbocycles. The first-order valence-corrected chi connectivity index (χ1v) is 17.6. The molecular formula is C28H36I4O3. The molecule has 5 rings (SSSR count). The van der Waals surface area contributed by atoms with Gasteiger partial charge in [0, 0.05) is 9.84 Å². The molecule has 0 radical (unpaired) electrons. The van der Waals surface area contributed by atoms with Crippen LogP contribution in [0.3, 0.4) is 0 Å². The van der Waals surface area contributed by atoms with Gasteiger partial charge in [-0.15, -0.1) is 0 Å². The maximum absolute atomic E-state index is 14.6. The largest absolute Gasteiger partial charge is 0.505 e. The van der Waals surface area contributed by atoms with Gasteiger partial charge in [-0.05, 0) is 92.1 Å². The fourth-order valence-electron chi connectivity index (χ4n) is 9.18. The monoisotopic (exact) mass is 928 g/mol. The topological polar surface area (TPSA) is 54.4 Å². The van der Waals surface area contributed by atoms with Crippen LogP contribution in [0.1, 0.15) is 79.6 Å². The number of hydrogen-bond donors (Lipinski definition) is 1. The predicted octanol–water partition coefficient (Wildman–Crippen LogP) is 8.53. The van der Waals surface area contributed by atoms with Crippen LogP contribution in [-0.2, 0) is 9.59 Å². The number of aliphatic hydroxyl groups excluding tert-OH is 1. The van der Waals surface area contributed by atoms with Crippen molar-refractivity contribution in [2.75, 3.05) is 4.43 Å². The molecular weight excluding hydrogens is 892 g/mol. The molecule has 1 N–H and O–H groups in total. The van der Waals surface area contributed by atoms with E-state index in [0.29, 0.717) is 0 Å². The van der Waals surface area contributed by atoms with Crippen LogP contribution in [0.15, 0.2) is 23.5 Å². The van der Waals surface area contributed by atoms with Gasteiger partial charge in [-0.3, -0.25) is 9.59 Å². The van der Waals surface area contributed by atoms with Crippen LogP contribution in [-0.4, -0.2) is 31.4 Å². The highest BCUT2D eigenvalue weighted by molar-refractivity contribution is 14.1. The number of ketones is 2. The van der Waals surface area contributed by atoms with E-state index < -0.39 is 12.3 Å². The van der Waals surface area contributed by atoms with Crippen molar-refractivity contribution in [3.05, 3.63) is 23.5 Å². The van der Waals surface area contributed by atoms with Crippen molar-refractivity contribution in [2.45, 2.75) is 89.8 Å². The number of alkyl halides is 4. The second-order valence-electron chi connectivity index (χ2n) is 13.5. The quantitative estimate of drug-likeness (QED) is 0.212. The number of rotatable bonds is 1. The standard InChI is InChI=1S/C28H36I4O3/c1-22(2)10-11-26(15-29)9-7-18-23(3)8-6-17-24(4,13-16(33)21(35)25(17,5)30)19(23)12-20(34)28(18,32)27(26,31)14-22/h12-13,17-18,33H,6-11,14-15H2,1-5H3. The molecule has 0 aromatic rings. The number of fused-ring (bicyclic) bond motifs is 7. The van der Waals surface area contributed by atoms with Crippen LogP contribution >= 0.6 is 90.4 Å². The predicted molar refractivity (Wildman–Crippen MR) is 175 cm³/mol. The molecule has 0 spiro atoms. The average molecular weight is 928 g/mol. The summed E-state index contributed by atoms with van der Waals surface area (Å²) in [4.78, 5) is 27.5. The van der Waals surface area contributed by atoms with Crippen molar-refractivity contribution in [3.63, 3.8) is 0 Å².